The summed E-state index contributed by atoms with van der Waals surface area (Å²) in [5.74, 6) is 0. The van der Waals surface area contributed by atoms with Crippen molar-refractivity contribution < 1.29 is 0 Å². The molecule has 2 N–H and O–H groups in total. The Bertz CT molecular complexity index is 445. The first kappa shape index (κ1) is 10.9. The van der Waals surface area contributed by atoms with Crippen molar-refractivity contribution >= 4 is 27.3 Å². The molecule has 0 spiro atoms. The molecule has 15 heavy (non-hydrogen) atoms. The van der Waals surface area contributed by atoms with E-state index in [2.05, 4.69) is 50.4 Å². The molecule has 2 aromatic rings. The molecule has 2 rings (SSSR count). The van der Waals surface area contributed by atoms with Gasteiger partial charge in [0.25, 0.3) is 0 Å². The number of nitrogens with zero attached hydrogens (tertiary/aromatic N) is 1. The van der Waals surface area contributed by atoms with Gasteiger partial charge in [-0.15, -0.1) is 11.3 Å². The molecule has 0 amide bonds. The summed E-state index contributed by atoms with van der Waals surface area (Å²) in [6, 6.07) is 4.26. The molecule has 2 nitrogen and oxygen atoms in total. The third kappa shape index (κ3) is 2.51. The van der Waals surface area contributed by atoms with Gasteiger partial charge in [-0.3, -0.25) is 0 Å². The van der Waals surface area contributed by atoms with Crippen LogP contribution in [-0.2, 0) is 6.54 Å². The zero-order valence-corrected chi connectivity index (χ0v) is 10.9. The van der Waals surface area contributed by atoms with Crippen LogP contribution >= 0.6 is 27.3 Å². The van der Waals surface area contributed by atoms with Crippen LogP contribution in [0.4, 0.5) is 0 Å². The molecule has 0 aliphatic rings. The SMILES string of the molecule is CC(N)c1ccn(Cc2sccc2Br)c1. The van der Waals surface area contributed by atoms with Crippen molar-refractivity contribution in [1.29, 1.82) is 0 Å². The van der Waals surface area contributed by atoms with Gasteiger partial charge in [0.1, 0.15) is 0 Å². The van der Waals surface area contributed by atoms with Crippen molar-refractivity contribution in [2.75, 3.05) is 0 Å². The van der Waals surface area contributed by atoms with E-state index in [1.54, 1.807) is 11.3 Å². The van der Waals surface area contributed by atoms with Crippen molar-refractivity contribution in [2.24, 2.45) is 5.73 Å². The average molecular weight is 285 g/mol. The minimum absolute atomic E-state index is 0.109. The highest BCUT2D eigenvalue weighted by Gasteiger charge is 2.04. The average Bonchev–Trinajstić information content (AvgIpc) is 2.77. The molecule has 2 aromatic heterocycles. The van der Waals surface area contributed by atoms with Gasteiger partial charge in [0.2, 0.25) is 0 Å². The minimum Gasteiger partial charge on any atom is -0.349 e. The molecule has 0 bridgehead atoms. The zero-order valence-electron chi connectivity index (χ0n) is 8.48. The molecule has 1 unspecified atom stereocenters. The van der Waals surface area contributed by atoms with Crippen LogP contribution in [0.2, 0.25) is 0 Å². The van der Waals surface area contributed by atoms with E-state index in [4.69, 9.17) is 5.73 Å². The van der Waals surface area contributed by atoms with E-state index in [0.717, 1.165) is 6.54 Å². The molecule has 2 heterocycles. The highest BCUT2D eigenvalue weighted by Crippen LogP contribution is 2.24. The fourth-order valence-corrected chi connectivity index (χ4v) is 2.92. The zero-order chi connectivity index (χ0) is 10.8. The number of rotatable bonds is 3. The maximum absolute atomic E-state index is 5.81. The molecular formula is C11H13BrN2S. The first-order valence-electron chi connectivity index (χ1n) is 4.80. The summed E-state index contributed by atoms with van der Waals surface area (Å²) in [5.41, 5.74) is 6.99. The Kier molecular flexibility index (Phi) is 3.29. The van der Waals surface area contributed by atoms with Crippen LogP contribution in [0.1, 0.15) is 23.4 Å². The topological polar surface area (TPSA) is 30.9 Å². The lowest BCUT2D eigenvalue weighted by Gasteiger charge is -2.02. The monoisotopic (exact) mass is 284 g/mol. The molecule has 4 heteroatoms. The molecule has 1 atom stereocenters. The molecular weight excluding hydrogens is 272 g/mol. The van der Waals surface area contributed by atoms with Crippen LogP contribution in [0.5, 0.6) is 0 Å². The van der Waals surface area contributed by atoms with Crippen molar-refractivity contribution in [1.82, 2.24) is 4.57 Å². The maximum atomic E-state index is 5.81. The molecule has 0 aliphatic heterocycles. The quantitative estimate of drug-likeness (QED) is 0.920. The van der Waals surface area contributed by atoms with Crippen LogP contribution in [0, 0.1) is 0 Å². The van der Waals surface area contributed by atoms with E-state index in [1.165, 1.54) is 14.9 Å². The number of thiophene rings is 1. The van der Waals surface area contributed by atoms with Gasteiger partial charge in [-0.1, -0.05) is 0 Å². The molecule has 0 fully saturated rings. The van der Waals surface area contributed by atoms with Gasteiger partial charge in [0, 0.05) is 27.8 Å². The second kappa shape index (κ2) is 4.51. The molecule has 0 aromatic carbocycles. The number of nitrogens with two attached hydrogens (primary N) is 1. The molecule has 80 valence electrons. The van der Waals surface area contributed by atoms with Gasteiger partial charge >= 0.3 is 0 Å². The third-order valence-electron chi connectivity index (χ3n) is 2.32. The lowest BCUT2D eigenvalue weighted by atomic mass is 10.2. The van der Waals surface area contributed by atoms with Gasteiger partial charge in [0.15, 0.2) is 0 Å². The van der Waals surface area contributed by atoms with Gasteiger partial charge in [-0.25, -0.2) is 0 Å². The van der Waals surface area contributed by atoms with Crippen molar-refractivity contribution in [3.05, 3.63) is 44.8 Å². The Morgan fingerprint density at radius 3 is 2.87 bits per heavy atom. The predicted octanol–water partition coefficient (Wildman–Crippen LogP) is 3.38. The Hall–Kier alpha value is -0.580. The summed E-state index contributed by atoms with van der Waals surface area (Å²) in [6.45, 7) is 2.91. The van der Waals surface area contributed by atoms with Crippen LogP contribution < -0.4 is 5.73 Å². The van der Waals surface area contributed by atoms with Crippen LogP contribution in [0.25, 0.3) is 0 Å². The van der Waals surface area contributed by atoms with Gasteiger partial charge in [-0.05, 0) is 45.9 Å². The number of halogens is 1. The molecule has 0 saturated carbocycles. The van der Waals surface area contributed by atoms with E-state index in [-0.39, 0.29) is 6.04 Å². The summed E-state index contributed by atoms with van der Waals surface area (Å²) in [5, 5.41) is 2.09. The van der Waals surface area contributed by atoms with Gasteiger partial charge in [-0.2, -0.15) is 0 Å². The first-order valence-corrected chi connectivity index (χ1v) is 6.47. The third-order valence-corrected chi connectivity index (χ3v) is 4.23. The van der Waals surface area contributed by atoms with E-state index < -0.39 is 0 Å². The molecule has 0 radical (unpaired) electrons. The Balaban J connectivity index is 2.15. The van der Waals surface area contributed by atoms with E-state index in [9.17, 15) is 0 Å². The summed E-state index contributed by atoms with van der Waals surface area (Å²) in [6.07, 6.45) is 4.18. The number of hydrogen-bond acceptors (Lipinski definition) is 2. The second-order valence-electron chi connectivity index (χ2n) is 3.60. The fourth-order valence-electron chi connectivity index (χ4n) is 1.43. The highest BCUT2D eigenvalue weighted by molar-refractivity contribution is 9.10. The number of aromatic nitrogens is 1. The summed E-state index contributed by atoms with van der Waals surface area (Å²) >= 11 is 5.29. The second-order valence-corrected chi connectivity index (χ2v) is 5.45. The van der Waals surface area contributed by atoms with Crippen molar-refractivity contribution in [3.63, 3.8) is 0 Å². The standard InChI is InChI=1S/C11H13BrN2S/c1-8(13)9-2-4-14(6-9)7-11-10(12)3-5-15-11/h2-6,8H,7,13H2,1H3. The predicted molar refractivity (Wildman–Crippen MR) is 68.2 cm³/mol. The Morgan fingerprint density at radius 2 is 2.33 bits per heavy atom. The highest BCUT2D eigenvalue weighted by atomic mass is 79.9. The Labute approximate surface area is 102 Å². The van der Waals surface area contributed by atoms with Crippen molar-refractivity contribution in [3.8, 4) is 0 Å². The minimum atomic E-state index is 0.109. The Morgan fingerprint density at radius 1 is 1.53 bits per heavy atom. The normalized spacial score (nSPS) is 13.0. The summed E-state index contributed by atoms with van der Waals surface area (Å²) < 4.78 is 3.35. The number of hydrogen-bond donors (Lipinski definition) is 1. The largest absolute Gasteiger partial charge is 0.349 e. The fraction of sp³-hybridized carbons (Fsp3) is 0.273. The lowest BCUT2D eigenvalue weighted by Crippen LogP contribution is -2.03. The summed E-state index contributed by atoms with van der Waals surface area (Å²) in [7, 11) is 0. The van der Waals surface area contributed by atoms with E-state index in [1.807, 2.05) is 6.92 Å². The van der Waals surface area contributed by atoms with Crippen LogP contribution in [-0.4, -0.2) is 4.57 Å². The molecule has 0 saturated heterocycles. The first-order chi connectivity index (χ1) is 7.16. The lowest BCUT2D eigenvalue weighted by molar-refractivity contribution is 0.783. The summed E-state index contributed by atoms with van der Waals surface area (Å²) in [4.78, 5) is 1.34. The maximum Gasteiger partial charge on any atom is 0.0574 e. The van der Waals surface area contributed by atoms with Gasteiger partial charge in [0.05, 0.1) is 6.54 Å². The smallest absolute Gasteiger partial charge is 0.0574 e. The van der Waals surface area contributed by atoms with Crippen LogP contribution in [0.15, 0.2) is 34.4 Å². The van der Waals surface area contributed by atoms with Crippen LogP contribution in [0.3, 0.4) is 0 Å². The van der Waals surface area contributed by atoms with Gasteiger partial charge < -0.3 is 10.3 Å². The molecule has 0 aliphatic carbocycles. The van der Waals surface area contributed by atoms with E-state index in [0.29, 0.717) is 0 Å². The van der Waals surface area contributed by atoms with Crippen molar-refractivity contribution in [2.45, 2.75) is 19.5 Å². The van der Waals surface area contributed by atoms with E-state index >= 15 is 0 Å².